The van der Waals surface area contributed by atoms with Crippen molar-refractivity contribution in [1.29, 1.82) is 0 Å². The summed E-state index contributed by atoms with van der Waals surface area (Å²) in [4.78, 5) is 103. The lowest BCUT2D eigenvalue weighted by Crippen LogP contribution is -2.42. The van der Waals surface area contributed by atoms with Crippen LogP contribution in [-0.2, 0) is 62.2 Å². The summed E-state index contributed by atoms with van der Waals surface area (Å²) in [5.41, 5.74) is 1.65. The molecule has 0 radical (unpaired) electrons. The van der Waals surface area contributed by atoms with Gasteiger partial charge in [0.1, 0.15) is 54.9 Å². The first kappa shape index (κ1) is 83.3. The van der Waals surface area contributed by atoms with Crippen molar-refractivity contribution in [1.82, 2.24) is 63.9 Å². The summed E-state index contributed by atoms with van der Waals surface area (Å²) in [6.07, 6.45) is -0.540. The summed E-state index contributed by atoms with van der Waals surface area (Å²) in [6.45, 7) is 2.03. The van der Waals surface area contributed by atoms with E-state index in [9.17, 15) is 104 Å². The molecule has 3 saturated heterocycles. The SMILES string of the molecule is CC(=O)NCC(P(=O)(O)O)S(=O)(=O)C[C@H]1O[C@@H](n2cnc3c(NC4CCCC4)nc(Cl)nc32)[C@H](O)[C@@H]1O.CC(C)(P(=O)(O)O)S(=O)(=O)C[C@H]1O[C@@H](n2cnc3c(NC4CCCC4)nc(Cl)nc32)[C@H](O)[C@@H]1O.O=P(O)(O)C(CC1CC1)S(=O)(=O)C[C@H]1O[C@@H](n2cnc3c(NC4CCCC4)nc(Cl)nc32)[C@H](O)[C@@H]1O. The first-order valence-corrected chi connectivity index (χ1v) is 45.2. The summed E-state index contributed by atoms with van der Waals surface area (Å²) >= 11 is 18.4. The molecule has 4 aliphatic carbocycles. The van der Waals surface area contributed by atoms with Crippen LogP contribution in [0.4, 0.5) is 17.5 Å². The fourth-order valence-corrected chi connectivity index (χ4v) is 24.6. The number of rotatable bonds is 25. The molecule has 107 heavy (non-hydrogen) atoms. The number of halogens is 3. The number of hydrogen-bond donors (Lipinski definition) is 16. The van der Waals surface area contributed by atoms with Crippen LogP contribution in [-0.4, -0.2) is 261 Å². The maximum atomic E-state index is 13.0. The fraction of sp³-hybridized carbons (Fsp3) is 0.719. The largest absolute Gasteiger partial charge is 0.387 e. The van der Waals surface area contributed by atoms with Gasteiger partial charge in [0.05, 0.1) is 36.2 Å². The molecule has 41 nitrogen and oxygen atoms in total. The van der Waals surface area contributed by atoms with E-state index in [-0.39, 0.29) is 63.3 Å². The quantitative estimate of drug-likeness (QED) is 0.0285. The van der Waals surface area contributed by atoms with Crippen LogP contribution in [0, 0.1) is 5.92 Å². The third-order valence-corrected chi connectivity index (χ3v) is 34.9. The lowest BCUT2D eigenvalue weighted by Gasteiger charge is -2.27. The number of ether oxygens (including phenoxy) is 3. The number of nitrogens with one attached hydrogen (secondary N) is 4. The Hall–Kier alpha value is -4.67. The fourth-order valence-electron chi connectivity index (χ4n) is 13.7. The molecule has 596 valence electrons. The van der Waals surface area contributed by atoms with Gasteiger partial charge in [-0.05, 0) is 99.5 Å². The van der Waals surface area contributed by atoms with Crippen molar-refractivity contribution < 1.29 is 118 Å². The Morgan fingerprint density at radius 3 is 1.10 bits per heavy atom. The lowest BCUT2D eigenvalue weighted by molar-refractivity contribution is -0.118. The van der Waals surface area contributed by atoms with Gasteiger partial charge in [0.2, 0.25) is 21.8 Å². The predicted octanol–water partition coefficient (Wildman–Crippen LogP) is 1.46. The summed E-state index contributed by atoms with van der Waals surface area (Å²) in [5, 5.41) is 75.4. The number of sulfone groups is 3. The van der Waals surface area contributed by atoms with Crippen LogP contribution in [0.2, 0.25) is 15.9 Å². The average molecular weight is 1690 g/mol. The number of carbonyl (C=O) groups excluding carboxylic acids is 1. The van der Waals surface area contributed by atoms with E-state index < -0.39 is 170 Å². The van der Waals surface area contributed by atoms with Gasteiger partial charge in [-0.15, -0.1) is 0 Å². The molecule has 7 aliphatic rings. The Labute approximate surface area is 626 Å². The molecule has 13 rings (SSSR count). The van der Waals surface area contributed by atoms with Gasteiger partial charge in [-0.3, -0.25) is 32.2 Å². The standard InChI is InChI=1S/C20H29ClN5O8PS.C19H28ClN6O9PS.C18H27ClN5O8PS/c21-20-24-17(23-11-3-1-2-4-11)14-18(25-20)26(9-22-14)19-16(28)15(27)12(34-19)8-36(32,33)13(35(29,30)31)7-10-5-6-10;1-9(27)21-6-12(36(30,31)32)37(33,34)7-11-14(28)15(29)18(35-11)26-8-22-13-16(23-10-4-2-3-5-10)24-19(20)25-17(13)26;1-18(2,33(27,28)29)34(30,31)7-10-12(25)13(26)16(32-10)24-8-20-11-14(21-9-5-3-4-6-9)22-17(19)23-15(11)24/h9-13,15-16,19,27-28H,1-8H2,(H,23,24,25)(H2,29,30,31);8,10-12,14-15,18,28-29H,2-7H2,1H3,(H,21,27)(H,23,24,25)(H2,30,31,32);8-10,12-13,16,25-26H,3-7H2,1-2H3,(H,21,22,23)(H2,27,28,29)/t12-,13?,15-,16-,19-;11-,12?,14-,15-,18-;10-,12-,13-,16-/m111/s1. The minimum atomic E-state index is -5.22. The van der Waals surface area contributed by atoms with E-state index in [2.05, 4.69) is 66.1 Å². The molecule has 7 fully saturated rings. The number of fused-ring (bicyclic) bond motifs is 3. The van der Waals surface area contributed by atoms with E-state index in [0.29, 0.717) is 46.8 Å². The number of aliphatic hydroxyl groups excluding tert-OH is 6. The number of nitrogens with zero attached hydrogens (tertiary/aromatic N) is 12. The molecular formula is C57H84Cl3N16O25P3S3. The minimum Gasteiger partial charge on any atom is -0.387 e. The van der Waals surface area contributed by atoms with Gasteiger partial charge in [0, 0.05) is 31.6 Å². The van der Waals surface area contributed by atoms with Gasteiger partial charge in [-0.25, -0.2) is 40.2 Å². The summed E-state index contributed by atoms with van der Waals surface area (Å²) < 4.78 is 131. The molecule has 16 N–H and O–H groups in total. The predicted molar refractivity (Wildman–Crippen MR) is 382 cm³/mol. The van der Waals surface area contributed by atoms with Crippen LogP contribution < -0.4 is 21.3 Å². The van der Waals surface area contributed by atoms with Crippen molar-refractivity contribution in [2.24, 2.45) is 5.92 Å². The number of amides is 1. The zero-order valence-electron chi connectivity index (χ0n) is 57.3. The van der Waals surface area contributed by atoms with Crippen LogP contribution in [0.15, 0.2) is 19.0 Å². The molecule has 3 aliphatic heterocycles. The molecule has 9 heterocycles. The van der Waals surface area contributed by atoms with E-state index in [1.165, 1.54) is 32.7 Å². The highest BCUT2D eigenvalue weighted by molar-refractivity contribution is 7.99. The van der Waals surface area contributed by atoms with Gasteiger partial charge in [-0.2, -0.15) is 29.9 Å². The van der Waals surface area contributed by atoms with E-state index in [4.69, 9.17) is 49.0 Å². The number of carbonyl (C=O) groups is 1. The molecular weight excluding hydrogens is 1600 g/mol. The summed E-state index contributed by atoms with van der Waals surface area (Å²) in [6, 6.07) is 0.608. The molecule has 1 amide bonds. The monoisotopic (exact) mass is 1690 g/mol. The zero-order valence-corrected chi connectivity index (χ0v) is 64.7. The van der Waals surface area contributed by atoms with Crippen molar-refractivity contribution in [3.63, 3.8) is 0 Å². The van der Waals surface area contributed by atoms with Gasteiger partial charge in [-0.1, -0.05) is 51.4 Å². The number of aliphatic hydroxyl groups is 6. The second-order valence-electron chi connectivity index (χ2n) is 28.1. The Morgan fingerprint density at radius 1 is 0.505 bits per heavy atom. The smallest absolute Gasteiger partial charge is 0.346 e. The number of imidazole rings is 3. The summed E-state index contributed by atoms with van der Waals surface area (Å²) in [5.74, 6) is -2.33. The van der Waals surface area contributed by atoms with Crippen LogP contribution in [0.25, 0.3) is 33.5 Å². The van der Waals surface area contributed by atoms with Crippen LogP contribution in [0.1, 0.15) is 136 Å². The third-order valence-electron chi connectivity index (χ3n) is 20.1. The van der Waals surface area contributed by atoms with E-state index in [0.717, 1.165) is 97.8 Å². The molecule has 14 atom stereocenters. The molecule has 6 aromatic heterocycles. The highest BCUT2D eigenvalue weighted by Crippen LogP contribution is 2.55. The van der Waals surface area contributed by atoms with E-state index in [1.54, 1.807) is 0 Å². The molecule has 0 aromatic carbocycles. The Balaban J connectivity index is 0.000000160. The first-order valence-electron chi connectivity index (χ1n) is 34.0. The van der Waals surface area contributed by atoms with Crippen molar-refractivity contribution in [3.8, 4) is 0 Å². The second kappa shape index (κ2) is 32.4. The van der Waals surface area contributed by atoms with Crippen molar-refractivity contribution in [2.45, 2.75) is 223 Å². The Bertz CT molecular complexity index is 4750. The maximum absolute atomic E-state index is 13.0. The highest BCUT2D eigenvalue weighted by Gasteiger charge is 2.56. The van der Waals surface area contributed by atoms with Gasteiger partial charge >= 0.3 is 22.8 Å². The number of hydrogen-bond acceptors (Lipinski definition) is 31. The molecule has 2 unspecified atom stereocenters. The second-order valence-corrected chi connectivity index (χ2v) is 43.0. The van der Waals surface area contributed by atoms with Crippen LogP contribution >= 0.6 is 57.6 Å². The van der Waals surface area contributed by atoms with E-state index >= 15 is 0 Å². The normalized spacial score (nSPS) is 27.2. The van der Waals surface area contributed by atoms with Crippen LogP contribution in [0.5, 0.6) is 0 Å². The van der Waals surface area contributed by atoms with Crippen molar-refractivity contribution >= 4 is 144 Å². The van der Waals surface area contributed by atoms with Gasteiger partial charge in [0.25, 0.3) is 0 Å². The lowest BCUT2D eigenvalue weighted by atomic mass is 10.1. The Morgan fingerprint density at radius 2 is 0.813 bits per heavy atom. The zero-order chi connectivity index (χ0) is 78.0. The average Bonchev–Trinajstić information content (AvgIpc) is 1.69. The minimum absolute atomic E-state index is 0.0565. The third kappa shape index (κ3) is 18.5. The molecule has 6 aromatic rings. The van der Waals surface area contributed by atoms with Crippen molar-refractivity contribution in [3.05, 3.63) is 34.8 Å². The number of anilines is 3. The highest BCUT2D eigenvalue weighted by atomic mass is 35.5. The summed E-state index contributed by atoms with van der Waals surface area (Å²) in [7, 11) is -28.7. The molecule has 0 spiro atoms. The molecule has 50 heteroatoms. The Kier molecular flexibility index (Phi) is 25.2. The first-order chi connectivity index (χ1) is 49.9. The maximum Gasteiger partial charge on any atom is 0.346 e. The molecule has 0 bridgehead atoms. The van der Waals surface area contributed by atoms with E-state index in [1.807, 2.05) is 0 Å². The van der Waals surface area contributed by atoms with Crippen LogP contribution in [0.3, 0.4) is 0 Å². The topological polar surface area (TPSA) is 620 Å². The molecule has 4 saturated carbocycles. The van der Waals surface area contributed by atoms with Crippen molar-refractivity contribution in [2.75, 3.05) is 39.8 Å². The number of aromatic nitrogens is 12. The van der Waals surface area contributed by atoms with Gasteiger partial charge in [0.15, 0.2) is 114 Å². The van der Waals surface area contributed by atoms with Gasteiger partial charge < -0.3 is 95.5 Å².